The van der Waals surface area contributed by atoms with Crippen LogP contribution in [-0.4, -0.2) is 38.4 Å². The minimum atomic E-state index is -0.525. The van der Waals surface area contributed by atoms with E-state index in [9.17, 15) is 9.59 Å². The van der Waals surface area contributed by atoms with E-state index in [2.05, 4.69) is 17.5 Å². The lowest BCUT2D eigenvalue weighted by Crippen LogP contribution is -2.24. The zero-order valence-electron chi connectivity index (χ0n) is 20.0. The monoisotopic (exact) mass is 510 g/mol. The Morgan fingerprint density at radius 1 is 0.944 bits per heavy atom. The summed E-state index contributed by atoms with van der Waals surface area (Å²) in [4.78, 5) is 24.5. The average molecular weight is 511 g/mol. The van der Waals surface area contributed by atoms with Crippen LogP contribution in [0.4, 0.5) is 0 Å². The number of halogens is 1. The maximum atomic E-state index is 12.6. The second-order valence-electron chi connectivity index (χ2n) is 7.56. The predicted molar refractivity (Wildman–Crippen MR) is 137 cm³/mol. The van der Waals surface area contributed by atoms with Gasteiger partial charge in [-0.05, 0) is 78.7 Å². The molecule has 188 valence electrons. The molecule has 0 atom stereocenters. The van der Waals surface area contributed by atoms with Gasteiger partial charge in [0.25, 0.3) is 5.91 Å². The smallest absolute Gasteiger partial charge is 0.343 e. The van der Waals surface area contributed by atoms with E-state index in [1.165, 1.54) is 13.3 Å². The van der Waals surface area contributed by atoms with Crippen molar-refractivity contribution in [1.29, 1.82) is 0 Å². The molecular weight excluding hydrogens is 484 g/mol. The highest BCUT2D eigenvalue weighted by Crippen LogP contribution is 2.28. The van der Waals surface area contributed by atoms with Crippen molar-refractivity contribution in [1.82, 2.24) is 5.43 Å². The average Bonchev–Trinajstić information content (AvgIpc) is 2.89. The van der Waals surface area contributed by atoms with Gasteiger partial charge in [0.05, 0.1) is 25.5 Å². The number of nitrogens with one attached hydrogen (secondary N) is 1. The van der Waals surface area contributed by atoms with Crippen LogP contribution in [0, 0.1) is 0 Å². The number of rotatable bonds is 12. The van der Waals surface area contributed by atoms with Crippen LogP contribution in [0.2, 0.25) is 5.02 Å². The van der Waals surface area contributed by atoms with E-state index in [-0.39, 0.29) is 12.4 Å². The van der Waals surface area contributed by atoms with Gasteiger partial charge in [-0.15, -0.1) is 0 Å². The molecule has 8 nitrogen and oxygen atoms in total. The molecule has 0 aliphatic carbocycles. The number of hydrogen-bond donors (Lipinski definition) is 1. The maximum Gasteiger partial charge on any atom is 0.343 e. The summed E-state index contributed by atoms with van der Waals surface area (Å²) < 4.78 is 21.8. The molecule has 0 aromatic heterocycles. The summed E-state index contributed by atoms with van der Waals surface area (Å²) in [5, 5.41) is 4.49. The topological polar surface area (TPSA) is 95.5 Å². The number of carbonyl (C=O) groups excluding carboxylic acids is 2. The van der Waals surface area contributed by atoms with Crippen LogP contribution < -0.4 is 24.4 Å². The fourth-order valence-corrected chi connectivity index (χ4v) is 3.05. The van der Waals surface area contributed by atoms with Crippen LogP contribution in [0.3, 0.4) is 0 Å². The van der Waals surface area contributed by atoms with Gasteiger partial charge in [0, 0.05) is 5.02 Å². The lowest BCUT2D eigenvalue weighted by atomic mass is 10.2. The summed E-state index contributed by atoms with van der Waals surface area (Å²) in [5.41, 5.74) is 3.39. The summed E-state index contributed by atoms with van der Waals surface area (Å²) in [6.45, 7) is 2.52. The first kappa shape index (κ1) is 26.6. The zero-order valence-corrected chi connectivity index (χ0v) is 20.8. The lowest BCUT2D eigenvalue weighted by Gasteiger charge is -2.10. The van der Waals surface area contributed by atoms with Crippen molar-refractivity contribution in [3.05, 3.63) is 82.9 Å². The number of hydrogen-bond acceptors (Lipinski definition) is 7. The second kappa shape index (κ2) is 13.7. The number of esters is 1. The Labute approximate surface area is 214 Å². The maximum absolute atomic E-state index is 12.6. The first-order valence-corrected chi connectivity index (χ1v) is 11.7. The molecule has 0 radical (unpaired) electrons. The van der Waals surface area contributed by atoms with E-state index in [4.69, 9.17) is 30.5 Å². The minimum absolute atomic E-state index is 0.205. The Bertz CT molecular complexity index is 1180. The normalized spacial score (nSPS) is 10.6. The molecule has 1 amide bonds. The molecule has 0 unspecified atom stereocenters. The lowest BCUT2D eigenvalue weighted by molar-refractivity contribution is -0.123. The highest BCUT2D eigenvalue weighted by molar-refractivity contribution is 6.30. The van der Waals surface area contributed by atoms with Gasteiger partial charge in [-0.3, -0.25) is 4.79 Å². The van der Waals surface area contributed by atoms with E-state index in [0.717, 1.165) is 12.8 Å². The Morgan fingerprint density at radius 2 is 1.64 bits per heavy atom. The fraction of sp³-hybridized carbons (Fsp3) is 0.222. The van der Waals surface area contributed by atoms with Crippen molar-refractivity contribution in [2.45, 2.75) is 19.8 Å². The number of carbonyl (C=O) groups is 2. The van der Waals surface area contributed by atoms with Crippen LogP contribution in [0.25, 0.3) is 0 Å². The molecule has 0 spiro atoms. The summed E-state index contributed by atoms with van der Waals surface area (Å²) >= 11 is 5.82. The van der Waals surface area contributed by atoms with Gasteiger partial charge in [-0.2, -0.15) is 5.10 Å². The van der Waals surface area contributed by atoms with Crippen molar-refractivity contribution in [3.8, 4) is 23.0 Å². The van der Waals surface area contributed by atoms with Crippen molar-refractivity contribution in [3.63, 3.8) is 0 Å². The van der Waals surface area contributed by atoms with Gasteiger partial charge in [-0.25, -0.2) is 10.2 Å². The summed E-state index contributed by atoms with van der Waals surface area (Å²) in [6.07, 6.45) is 3.45. The molecular formula is C27H27ClN2O6. The highest BCUT2D eigenvalue weighted by Gasteiger charge is 2.13. The quantitative estimate of drug-likeness (QED) is 0.117. The van der Waals surface area contributed by atoms with E-state index < -0.39 is 11.9 Å². The van der Waals surface area contributed by atoms with E-state index >= 15 is 0 Å². The number of methoxy groups -OCH3 is 1. The van der Waals surface area contributed by atoms with Gasteiger partial charge in [0.1, 0.15) is 11.5 Å². The number of ether oxygens (including phenoxy) is 4. The van der Waals surface area contributed by atoms with Gasteiger partial charge < -0.3 is 18.9 Å². The molecule has 0 fully saturated rings. The Morgan fingerprint density at radius 3 is 2.33 bits per heavy atom. The molecule has 9 heteroatoms. The number of unbranched alkanes of at least 4 members (excludes halogenated alkanes) is 1. The molecule has 0 saturated carbocycles. The third-order valence-electron chi connectivity index (χ3n) is 4.83. The molecule has 0 aliphatic rings. The molecule has 0 heterocycles. The van der Waals surface area contributed by atoms with E-state index in [1.807, 2.05) is 0 Å². The Balaban J connectivity index is 1.52. The SMILES string of the molecule is CCCCOc1ccc(C(=O)Oc2ccc(C=NNC(=O)COc3ccc(Cl)cc3)cc2OC)cc1. The summed E-state index contributed by atoms with van der Waals surface area (Å²) in [6, 6.07) is 18.3. The van der Waals surface area contributed by atoms with Gasteiger partial charge in [-0.1, -0.05) is 24.9 Å². The standard InChI is InChI=1S/C27H27ClN2O6/c1-3-4-15-34-22-10-6-20(7-11-22)27(32)36-24-14-5-19(16-25(24)33-2)17-29-30-26(31)18-35-23-12-8-21(28)9-13-23/h5-14,16-17H,3-4,15,18H2,1-2H3,(H,30,31). The van der Waals surface area contributed by atoms with Crippen LogP contribution >= 0.6 is 11.6 Å². The van der Waals surface area contributed by atoms with Crippen LogP contribution in [0.1, 0.15) is 35.7 Å². The molecule has 0 aliphatic heterocycles. The number of nitrogens with zero attached hydrogens (tertiary/aromatic N) is 1. The van der Waals surface area contributed by atoms with Crippen molar-refractivity contribution >= 4 is 29.7 Å². The molecule has 36 heavy (non-hydrogen) atoms. The predicted octanol–water partition coefficient (Wildman–Crippen LogP) is 5.28. The van der Waals surface area contributed by atoms with Crippen LogP contribution in [0.15, 0.2) is 71.8 Å². The second-order valence-corrected chi connectivity index (χ2v) is 8.00. The molecule has 1 N–H and O–H groups in total. The Hall–Kier alpha value is -4.04. The number of hydrazone groups is 1. The first-order chi connectivity index (χ1) is 17.5. The molecule has 3 rings (SSSR count). The first-order valence-electron chi connectivity index (χ1n) is 11.3. The molecule has 0 saturated heterocycles. The largest absolute Gasteiger partial charge is 0.494 e. The molecule has 0 bridgehead atoms. The summed E-state index contributed by atoms with van der Waals surface area (Å²) in [5.74, 6) is 0.852. The molecule has 3 aromatic rings. The van der Waals surface area contributed by atoms with Crippen molar-refractivity contribution in [2.75, 3.05) is 20.3 Å². The van der Waals surface area contributed by atoms with Gasteiger partial charge in [0.15, 0.2) is 18.1 Å². The van der Waals surface area contributed by atoms with Crippen molar-refractivity contribution in [2.24, 2.45) is 5.10 Å². The number of benzene rings is 3. The molecule has 3 aromatic carbocycles. The summed E-state index contributed by atoms with van der Waals surface area (Å²) in [7, 11) is 1.46. The third kappa shape index (κ3) is 8.32. The number of amides is 1. The highest BCUT2D eigenvalue weighted by atomic mass is 35.5. The van der Waals surface area contributed by atoms with Crippen LogP contribution in [0.5, 0.6) is 23.0 Å². The van der Waals surface area contributed by atoms with Crippen LogP contribution in [-0.2, 0) is 4.79 Å². The van der Waals surface area contributed by atoms with Crippen molar-refractivity contribution < 1.29 is 28.5 Å². The van der Waals surface area contributed by atoms with Gasteiger partial charge >= 0.3 is 5.97 Å². The van der Waals surface area contributed by atoms with E-state index in [0.29, 0.717) is 40.0 Å². The minimum Gasteiger partial charge on any atom is -0.494 e. The Kier molecular flexibility index (Phi) is 10.1. The zero-order chi connectivity index (χ0) is 25.8. The third-order valence-corrected chi connectivity index (χ3v) is 5.09. The fourth-order valence-electron chi connectivity index (χ4n) is 2.92. The van der Waals surface area contributed by atoms with Gasteiger partial charge in [0.2, 0.25) is 0 Å². The van der Waals surface area contributed by atoms with E-state index in [1.54, 1.807) is 66.7 Å².